The second-order valence-corrected chi connectivity index (χ2v) is 12.2. The van der Waals surface area contributed by atoms with E-state index in [0.29, 0.717) is 26.3 Å². The first-order valence-electron chi connectivity index (χ1n) is 11.5. The smallest absolute Gasteiger partial charge is 0.242 e. The van der Waals surface area contributed by atoms with Gasteiger partial charge in [0, 0.05) is 40.6 Å². The SMILES string of the molecule is Cc1ccc(Cl)cc1N(CCCC(=O)N(Cc1ccc(Cl)cc1Cl)[C@@H](C)C(=O)NC(C)C)S(C)(=O)=O. The van der Waals surface area contributed by atoms with Crippen molar-refractivity contribution in [2.45, 2.75) is 59.2 Å². The van der Waals surface area contributed by atoms with Crippen LogP contribution in [-0.2, 0) is 26.2 Å². The number of hydrogen-bond acceptors (Lipinski definition) is 4. The van der Waals surface area contributed by atoms with Gasteiger partial charge in [0.05, 0.1) is 11.9 Å². The van der Waals surface area contributed by atoms with Gasteiger partial charge in [0.15, 0.2) is 0 Å². The van der Waals surface area contributed by atoms with Crippen molar-refractivity contribution in [3.05, 3.63) is 62.6 Å². The molecule has 2 amide bonds. The van der Waals surface area contributed by atoms with Gasteiger partial charge in [-0.2, -0.15) is 0 Å². The van der Waals surface area contributed by atoms with Crippen molar-refractivity contribution in [3.63, 3.8) is 0 Å². The predicted octanol–water partition coefficient (Wildman–Crippen LogP) is 5.44. The van der Waals surface area contributed by atoms with E-state index in [1.54, 1.807) is 50.2 Å². The maximum absolute atomic E-state index is 13.3. The molecular weight excluding hydrogens is 545 g/mol. The Morgan fingerprint density at radius 3 is 2.19 bits per heavy atom. The average molecular weight is 577 g/mol. The minimum absolute atomic E-state index is 0.0239. The summed E-state index contributed by atoms with van der Waals surface area (Å²) in [5.41, 5.74) is 1.85. The van der Waals surface area contributed by atoms with Crippen molar-refractivity contribution in [2.75, 3.05) is 17.1 Å². The van der Waals surface area contributed by atoms with Gasteiger partial charge >= 0.3 is 0 Å². The molecule has 11 heteroatoms. The first-order chi connectivity index (χ1) is 16.7. The fourth-order valence-corrected chi connectivity index (χ4v) is 5.30. The van der Waals surface area contributed by atoms with Crippen LogP contribution < -0.4 is 9.62 Å². The molecule has 1 atom stereocenters. The van der Waals surface area contributed by atoms with Crippen molar-refractivity contribution in [3.8, 4) is 0 Å². The highest BCUT2D eigenvalue weighted by atomic mass is 35.5. The Balaban J connectivity index is 2.24. The van der Waals surface area contributed by atoms with Crippen LogP contribution in [0.4, 0.5) is 5.69 Å². The number of carbonyl (C=O) groups is 2. The zero-order valence-corrected chi connectivity index (χ0v) is 24.1. The number of sulfonamides is 1. The Morgan fingerprint density at radius 2 is 1.61 bits per heavy atom. The number of amides is 2. The van der Waals surface area contributed by atoms with Gasteiger partial charge in [-0.1, -0.05) is 46.9 Å². The normalized spacial score (nSPS) is 12.4. The summed E-state index contributed by atoms with van der Waals surface area (Å²) in [6.45, 7) is 7.30. The Hall–Kier alpha value is -2.00. The highest BCUT2D eigenvalue weighted by molar-refractivity contribution is 7.92. The molecule has 0 unspecified atom stereocenters. The van der Waals surface area contributed by atoms with Crippen LogP contribution in [0.3, 0.4) is 0 Å². The maximum Gasteiger partial charge on any atom is 0.242 e. The first-order valence-corrected chi connectivity index (χ1v) is 14.5. The van der Waals surface area contributed by atoms with E-state index < -0.39 is 16.1 Å². The number of nitrogens with zero attached hydrogens (tertiary/aromatic N) is 2. The molecule has 2 aromatic rings. The maximum atomic E-state index is 13.3. The Morgan fingerprint density at radius 1 is 1.00 bits per heavy atom. The lowest BCUT2D eigenvalue weighted by atomic mass is 10.1. The number of halogens is 3. The molecule has 0 bridgehead atoms. The highest BCUT2D eigenvalue weighted by Crippen LogP contribution is 2.27. The number of carbonyl (C=O) groups excluding carboxylic acids is 2. The monoisotopic (exact) mass is 575 g/mol. The van der Waals surface area contributed by atoms with E-state index in [2.05, 4.69) is 5.32 Å². The van der Waals surface area contributed by atoms with E-state index in [1.807, 2.05) is 13.8 Å². The van der Waals surface area contributed by atoms with Crippen LogP contribution in [0, 0.1) is 6.92 Å². The van der Waals surface area contributed by atoms with Gasteiger partial charge in [-0.3, -0.25) is 13.9 Å². The van der Waals surface area contributed by atoms with Crippen molar-refractivity contribution in [1.29, 1.82) is 0 Å². The number of rotatable bonds is 11. The van der Waals surface area contributed by atoms with Gasteiger partial charge in [0.2, 0.25) is 21.8 Å². The summed E-state index contributed by atoms with van der Waals surface area (Å²) in [5.74, 6) is -0.598. The number of benzene rings is 2. The highest BCUT2D eigenvalue weighted by Gasteiger charge is 2.27. The molecule has 1 N–H and O–H groups in total. The molecule has 2 rings (SSSR count). The standard InChI is InChI=1S/C25H32Cl3N3O4S/c1-16(2)29-25(33)18(4)30(15-19-9-11-20(26)13-22(19)28)24(32)7-6-12-31(36(5,34)35)23-14-21(27)10-8-17(23)3/h8-11,13-14,16,18H,6-7,12,15H2,1-5H3,(H,29,33)/t18-/m0/s1. The molecule has 0 aliphatic heterocycles. The van der Waals surface area contributed by atoms with Crippen LogP contribution in [0.15, 0.2) is 36.4 Å². The van der Waals surface area contributed by atoms with Crippen molar-refractivity contribution in [2.24, 2.45) is 0 Å². The summed E-state index contributed by atoms with van der Waals surface area (Å²) in [4.78, 5) is 27.5. The second kappa shape index (κ2) is 13.0. The van der Waals surface area contributed by atoms with Crippen LogP contribution in [-0.4, -0.2) is 50.0 Å². The lowest BCUT2D eigenvalue weighted by molar-refractivity contribution is -0.140. The molecule has 198 valence electrons. The third kappa shape index (κ3) is 8.54. The van der Waals surface area contributed by atoms with E-state index in [-0.39, 0.29) is 43.8 Å². The molecule has 0 heterocycles. The number of aryl methyl sites for hydroxylation is 1. The minimum atomic E-state index is -3.62. The van der Waals surface area contributed by atoms with Crippen LogP contribution >= 0.6 is 34.8 Å². The zero-order valence-electron chi connectivity index (χ0n) is 21.0. The molecule has 7 nitrogen and oxygen atoms in total. The van der Waals surface area contributed by atoms with Gasteiger partial charge in [-0.05, 0) is 69.5 Å². The fourth-order valence-electron chi connectivity index (χ4n) is 3.65. The predicted molar refractivity (Wildman–Crippen MR) is 147 cm³/mol. The van der Waals surface area contributed by atoms with Crippen molar-refractivity contribution < 1.29 is 18.0 Å². The van der Waals surface area contributed by atoms with E-state index in [0.717, 1.165) is 11.8 Å². The van der Waals surface area contributed by atoms with Gasteiger partial charge in [-0.25, -0.2) is 8.42 Å². The third-order valence-electron chi connectivity index (χ3n) is 5.55. The van der Waals surface area contributed by atoms with E-state index in [4.69, 9.17) is 34.8 Å². The molecule has 0 spiro atoms. The summed E-state index contributed by atoms with van der Waals surface area (Å²) < 4.78 is 26.3. The Labute approximate surface area is 228 Å². The first kappa shape index (κ1) is 30.2. The van der Waals surface area contributed by atoms with Crippen molar-refractivity contribution in [1.82, 2.24) is 10.2 Å². The van der Waals surface area contributed by atoms with Gasteiger partial charge in [-0.15, -0.1) is 0 Å². The third-order valence-corrected chi connectivity index (χ3v) is 7.55. The van der Waals surface area contributed by atoms with Gasteiger partial charge < -0.3 is 10.2 Å². The molecule has 2 aromatic carbocycles. The second-order valence-electron chi connectivity index (χ2n) is 8.97. The molecule has 0 saturated carbocycles. The van der Waals surface area contributed by atoms with Crippen molar-refractivity contribution >= 4 is 62.3 Å². The Bertz CT molecular complexity index is 1210. The molecular formula is C25H32Cl3N3O4S. The number of nitrogens with one attached hydrogen (secondary N) is 1. The lowest BCUT2D eigenvalue weighted by Crippen LogP contribution is -2.49. The molecule has 0 radical (unpaired) electrons. The number of anilines is 1. The largest absolute Gasteiger partial charge is 0.352 e. The van der Waals surface area contributed by atoms with E-state index in [1.165, 1.54) is 9.21 Å². The molecule has 0 aliphatic rings. The summed E-state index contributed by atoms with van der Waals surface area (Å²) in [6.07, 6.45) is 1.37. The summed E-state index contributed by atoms with van der Waals surface area (Å²) >= 11 is 18.4. The van der Waals surface area contributed by atoms with E-state index >= 15 is 0 Å². The molecule has 0 aliphatic carbocycles. The van der Waals surface area contributed by atoms with Crippen LogP contribution in [0.2, 0.25) is 15.1 Å². The average Bonchev–Trinajstić information content (AvgIpc) is 2.76. The van der Waals surface area contributed by atoms with Crippen LogP contribution in [0.25, 0.3) is 0 Å². The summed E-state index contributed by atoms with van der Waals surface area (Å²) in [7, 11) is -3.62. The fraction of sp³-hybridized carbons (Fsp3) is 0.440. The van der Waals surface area contributed by atoms with Gasteiger partial charge in [0.1, 0.15) is 6.04 Å². The Kier molecular flexibility index (Phi) is 10.9. The quantitative estimate of drug-likeness (QED) is 0.386. The van der Waals surface area contributed by atoms with Gasteiger partial charge in [0.25, 0.3) is 0 Å². The molecule has 36 heavy (non-hydrogen) atoms. The van der Waals surface area contributed by atoms with Crippen LogP contribution in [0.5, 0.6) is 0 Å². The lowest BCUT2D eigenvalue weighted by Gasteiger charge is -2.30. The molecule has 0 aromatic heterocycles. The summed E-state index contributed by atoms with van der Waals surface area (Å²) in [5, 5.41) is 4.09. The van der Waals surface area contributed by atoms with Crippen LogP contribution in [0.1, 0.15) is 44.7 Å². The summed E-state index contributed by atoms with van der Waals surface area (Å²) in [6, 6.07) is 9.12. The molecule has 0 fully saturated rings. The number of hydrogen-bond donors (Lipinski definition) is 1. The molecule has 0 saturated heterocycles. The van der Waals surface area contributed by atoms with E-state index in [9.17, 15) is 18.0 Å². The minimum Gasteiger partial charge on any atom is -0.352 e. The topological polar surface area (TPSA) is 86.8 Å². The zero-order chi connectivity index (χ0) is 27.2.